The van der Waals surface area contributed by atoms with Crippen LogP contribution < -0.4 is 4.90 Å². The van der Waals surface area contributed by atoms with E-state index in [1.54, 1.807) is 7.11 Å². The number of ether oxygens (including phenoxy) is 1. The smallest absolute Gasteiger partial charge is 0.248 e. The summed E-state index contributed by atoms with van der Waals surface area (Å²) in [4.78, 5) is 29.2. The van der Waals surface area contributed by atoms with E-state index in [-0.39, 0.29) is 12.5 Å². The zero-order valence-electron chi connectivity index (χ0n) is 18.0. The van der Waals surface area contributed by atoms with Gasteiger partial charge >= 0.3 is 0 Å². The molecule has 1 amide bonds. The molecule has 0 radical (unpaired) electrons. The van der Waals surface area contributed by atoms with Crippen molar-refractivity contribution in [3.05, 3.63) is 16.3 Å². The first-order chi connectivity index (χ1) is 14.0. The van der Waals surface area contributed by atoms with Crippen LogP contribution in [0.5, 0.6) is 0 Å². The predicted molar refractivity (Wildman–Crippen MR) is 118 cm³/mol. The summed E-state index contributed by atoms with van der Waals surface area (Å²) in [5, 5.41) is 1.28. The Kier molecular flexibility index (Phi) is 6.06. The Labute approximate surface area is 177 Å². The fourth-order valence-corrected chi connectivity index (χ4v) is 5.74. The molecule has 2 atom stereocenters. The molecule has 2 aromatic rings. The minimum absolute atomic E-state index is 0.0715. The third-order valence-electron chi connectivity index (χ3n) is 6.41. The van der Waals surface area contributed by atoms with Crippen LogP contribution in [0.1, 0.15) is 55.8 Å². The Balaban J connectivity index is 1.70. The number of piperazine rings is 1. The molecule has 7 heteroatoms. The number of thiophene rings is 1. The number of nitrogens with zero attached hydrogens (tertiary/aromatic N) is 4. The first-order valence-corrected chi connectivity index (χ1v) is 11.7. The lowest BCUT2D eigenvalue weighted by molar-refractivity contribution is -0.135. The van der Waals surface area contributed by atoms with Gasteiger partial charge in [-0.3, -0.25) is 4.79 Å². The van der Waals surface area contributed by atoms with Crippen LogP contribution in [0.25, 0.3) is 10.2 Å². The molecule has 29 heavy (non-hydrogen) atoms. The monoisotopic (exact) mass is 416 g/mol. The molecule has 0 unspecified atom stereocenters. The van der Waals surface area contributed by atoms with Crippen LogP contribution in [0.3, 0.4) is 0 Å². The van der Waals surface area contributed by atoms with Gasteiger partial charge in [0.05, 0.1) is 5.39 Å². The van der Waals surface area contributed by atoms with Crippen molar-refractivity contribution in [3.63, 3.8) is 0 Å². The van der Waals surface area contributed by atoms with Crippen LogP contribution in [-0.4, -0.2) is 60.7 Å². The second-order valence-electron chi connectivity index (χ2n) is 8.55. The number of aromatic nitrogens is 2. The largest absolute Gasteiger partial charge is 0.375 e. The van der Waals surface area contributed by atoms with E-state index in [0.717, 1.165) is 67.8 Å². The summed E-state index contributed by atoms with van der Waals surface area (Å²) in [6.45, 7) is 9.96. The second-order valence-corrected chi connectivity index (χ2v) is 9.63. The average molecular weight is 417 g/mol. The summed E-state index contributed by atoms with van der Waals surface area (Å²) in [6, 6.07) is 0. The van der Waals surface area contributed by atoms with Crippen LogP contribution in [0.2, 0.25) is 0 Å². The summed E-state index contributed by atoms with van der Waals surface area (Å²) in [6.07, 6.45) is 4.56. The van der Waals surface area contributed by atoms with E-state index in [2.05, 4.69) is 25.7 Å². The van der Waals surface area contributed by atoms with Gasteiger partial charge in [-0.15, -0.1) is 11.3 Å². The molecule has 6 nitrogen and oxygen atoms in total. The average Bonchev–Trinajstić information content (AvgIpc) is 3.10. The molecule has 4 rings (SSSR count). The van der Waals surface area contributed by atoms with Gasteiger partial charge in [-0.2, -0.15) is 0 Å². The zero-order valence-corrected chi connectivity index (χ0v) is 18.8. The van der Waals surface area contributed by atoms with Gasteiger partial charge in [-0.05, 0) is 37.2 Å². The van der Waals surface area contributed by atoms with Crippen molar-refractivity contribution in [2.75, 3.05) is 44.8 Å². The molecule has 3 heterocycles. The fraction of sp³-hybridized carbons (Fsp3) is 0.682. The summed E-state index contributed by atoms with van der Waals surface area (Å²) < 4.78 is 5.02. The number of carbonyl (C=O) groups is 1. The highest BCUT2D eigenvalue weighted by atomic mass is 32.1. The van der Waals surface area contributed by atoms with E-state index < -0.39 is 0 Å². The highest BCUT2D eigenvalue weighted by Crippen LogP contribution is 2.41. The topological polar surface area (TPSA) is 58.6 Å². The molecule has 158 valence electrons. The van der Waals surface area contributed by atoms with Gasteiger partial charge in [0.25, 0.3) is 0 Å². The Morgan fingerprint density at radius 2 is 2.03 bits per heavy atom. The van der Waals surface area contributed by atoms with Crippen LogP contribution in [0.4, 0.5) is 5.82 Å². The molecule has 1 aliphatic heterocycles. The highest BCUT2D eigenvalue weighted by Gasteiger charge is 2.29. The van der Waals surface area contributed by atoms with Gasteiger partial charge in [0.15, 0.2) is 0 Å². The maximum atomic E-state index is 12.2. The van der Waals surface area contributed by atoms with Crippen molar-refractivity contribution < 1.29 is 9.53 Å². The Bertz CT molecular complexity index is 889. The van der Waals surface area contributed by atoms with Crippen LogP contribution in [0, 0.1) is 5.92 Å². The van der Waals surface area contributed by atoms with Crippen molar-refractivity contribution in [1.29, 1.82) is 0 Å². The molecule has 1 fully saturated rings. The lowest BCUT2D eigenvalue weighted by Gasteiger charge is -2.36. The molecular weight excluding hydrogens is 384 g/mol. The number of anilines is 1. The minimum atomic E-state index is 0.0715. The third-order valence-corrected chi connectivity index (χ3v) is 7.55. The molecule has 1 saturated heterocycles. The van der Waals surface area contributed by atoms with Gasteiger partial charge in [-0.25, -0.2) is 9.97 Å². The van der Waals surface area contributed by atoms with E-state index in [4.69, 9.17) is 14.7 Å². The maximum absolute atomic E-state index is 12.2. The standard InChI is InChI=1S/C22H32N4O2S/c1-5-15(3)20-23-21(26-10-8-25(9-11-26)18(27)13-28-4)19-16-7-6-14(2)12-17(16)29-22(19)24-20/h14-15H,5-13H2,1-4H3/t14-,15+/m1/s1. The summed E-state index contributed by atoms with van der Waals surface area (Å²) in [5.74, 6) is 3.22. The number of hydrogen-bond donors (Lipinski definition) is 0. The number of carbonyl (C=O) groups excluding carboxylic acids is 1. The first-order valence-electron chi connectivity index (χ1n) is 10.9. The van der Waals surface area contributed by atoms with E-state index in [1.165, 1.54) is 22.2 Å². The number of methoxy groups -OCH3 is 1. The summed E-state index contributed by atoms with van der Waals surface area (Å²) >= 11 is 1.88. The first kappa shape index (κ1) is 20.5. The van der Waals surface area contributed by atoms with Gasteiger partial charge < -0.3 is 14.5 Å². The van der Waals surface area contributed by atoms with Crippen molar-refractivity contribution in [3.8, 4) is 0 Å². The molecule has 0 aromatic carbocycles. The molecule has 0 N–H and O–H groups in total. The van der Waals surface area contributed by atoms with Gasteiger partial charge in [0.2, 0.25) is 5.91 Å². The Hall–Kier alpha value is -1.73. The molecule has 0 spiro atoms. The van der Waals surface area contributed by atoms with Crippen molar-refractivity contribution in [1.82, 2.24) is 14.9 Å². The molecule has 0 bridgehead atoms. The number of fused-ring (bicyclic) bond motifs is 3. The second kappa shape index (κ2) is 8.56. The molecular formula is C22H32N4O2S. The fourth-order valence-electron chi connectivity index (χ4n) is 4.35. The van der Waals surface area contributed by atoms with Gasteiger partial charge in [-0.1, -0.05) is 20.8 Å². The van der Waals surface area contributed by atoms with E-state index in [0.29, 0.717) is 5.92 Å². The zero-order chi connectivity index (χ0) is 20.5. The molecule has 1 aliphatic carbocycles. The lowest BCUT2D eigenvalue weighted by Crippen LogP contribution is -2.50. The normalized spacial score (nSPS) is 20.8. The Morgan fingerprint density at radius 1 is 1.28 bits per heavy atom. The van der Waals surface area contributed by atoms with Crippen LogP contribution in [-0.2, 0) is 22.4 Å². The van der Waals surface area contributed by atoms with E-state index >= 15 is 0 Å². The molecule has 2 aromatic heterocycles. The quantitative estimate of drug-likeness (QED) is 0.745. The van der Waals surface area contributed by atoms with Gasteiger partial charge in [0.1, 0.15) is 23.1 Å². The number of amides is 1. The third kappa shape index (κ3) is 3.99. The van der Waals surface area contributed by atoms with Crippen LogP contribution >= 0.6 is 11.3 Å². The number of aryl methyl sites for hydroxylation is 1. The Morgan fingerprint density at radius 3 is 2.72 bits per heavy atom. The lowest BCUT2D eigenvalue weighted by atomic mass is 9.89. The van der Waals surface area contributed by atoms with E-state index in [1.807, 2.05) is 16.2 Å². The molecule has 2 aliphatic rings. The van der Waals surface area contributed by atoms with Crippen molar-refractivity contribution in [2.24, 2.45) is 5.92 Å². The summed E-state index contributed by atoms with van der Waals surface area (Å²) in [5.41, 5.74) is 1.48. The minimum Gasteiger partial charge on any atom is -0.375 e. The number of rotatable bonds is 5. The highest BCUT2D eigenvalue weighted by molar-refractivity contribution is 7.19. The van der Waals surface area contributed by atoms with E-state index in [9.17, 15) is 4.79 Å². The molecule has 0 saturated carbocycles. The van der Waals surface area contributed by atoms with Crippen molar-refractivity contribution >= 4 is 33.3 Å². The van der Waals surface area contributed by atoms with Crippen molar-refractivity contribution in [2.45, 2.75) is 52.4 Å². The van der Waals surface area contributed by atoms with Gasteiger partial charge in [0, 0.05) is 44.1 Å². The predicted octanol–water partition coefficient (Wildman–Crippen LogP) is 3.62. The maximum Gasteiger partial charge on any atom is 0.248 e. The SMILES string of the molecule is CC[C@H](C)c1nc(N2CCN(C(=O)COC)CC2)c2c3c(sc2n1)C[C@H](C)CC3. The summed E-state index contributed by atoms with van der Waals surface area (Å²) in [7, 11) is 1.57. The number of hydrogen-bond acceptors (Lipinski definition) is 6. The van der Waals surface area contributed by atoms with Crippen LogP contribution in [0.15, 0.2) is 0 Å².